The molecule has 1 N–H and O–H groups in total. The first-order chi connectivity index (χ1) is 9.97. The van der Waals surface area contributed by atoms with Crippen molar-refractivity contribution in [2.45, 2.75) is 13.3 Å². The first kappa shape index (κ1) is 15.6. The molecule has 0 saturated carbocycles. The first-order valence-electron chi connectivity index (χ1n) is 6.86. The quantitative estimate of drug-likeness (QED) is 0.875. The van der Waals surface area contributed by atoms with Crippen molar-refractivity contribution < 1.29 is 19.4 Å². The molecule has 5 nitrogen and oxygen atoms in total. The number of benzene rings is 1. The van der Waals surface area contributed by atoms with Crippen LogP contribution in [0.4, 0.5) is 0 Å². The van der Waals surface area contributed by atoms with E-state index in [0.717, 1.165) is 0 Å². The van der Waals surface area contributed by atoms with E-state index in [-0.39, 0.29) is 24.9 Å². The fourth-order valence-electron chi connectivity index (χ4n) is 2.21. The number of carbonyl (C=O) groups excluding carboxylic acids is 1. The van der Waals surface area contributed by atoms with Gasteiger partial charge in [-0.05, 0) is 18.2 Å². The molecular formula is C15H18ClNO4. The van der Waals surface area contributed by atoms with E-state index in [0.29, 0.717) is 23.9 Å². The zero-order chi connectivity index (χ0) is 15.4. The van der Waals surface area contributed by atoms with Gasteiger partial charge in [0.05, 0.1) is 18.9 Å². The largest absolute Gasteiger partial charge is 0.493 e. The Balaban J connectivity index is 1.69. The Morgan fingerprint density at radius 1 is 1.48 bits per heavy atom. The van der Waals surface area contributed by atoms with E-state index in [1.807, 2.05) is 0 Å². The van der Waals surface area contributed by atoms with Crippen LogP contribution in [0, 0.1) is 11.8 Å². The Morgan fingerprint density at radius 2 is 2.19 bits per heavy atom. The minimum absolute atomic E-state index is 0.00846. The van der Waals surface area contributed by atoms with E-state index in [2.05, 4.69) is 0 Å². The first-order valence-corrected chi connectivity index (χ1v) is 7.24. The van der Waals surface area contributed by atoms with Gasteiger partial charge >= 0.3 is 5.97 Å². The molecule has 1 unspecified atom stereocenters. The number of halogens is 1. The summed E-state index contributed by atoms with van der Waals surface area (Å²) in [6, 6.07) is 7.01. The lowest BCUT2D eigenvalue weighted by Gasteiger charge is -2.41. The molecule has 0 bridgehead atoms. The molecule has 1 fully saturated rings. The third-order valence-corrected chi connectivity index (χ3v) is 3.97. The number of nitrogens with zero attached hydrogens (tertiary/aromatic N) is 1. The van der Waals surface area contributed by atoms with Crippen molar-refractivity contribution >= 4 is 23.5 Å². The van der Waals surface area contributed by atoms with Crippen LogP contribution in [-0.4, -0.2) is 41.6 Å². The zero-order valence-corrected chi connectivity index (χ0v) is 12.5. The predicted octanol–water partition coefficient (Wildman–Crippen LogP) is 2.29. The molecule has 1 atom stereocenters. The molecule has 0 spiro atoms. The summed E-state index contributed by atoms with van der Waals surface area (Å²) in [5.74, 6) is -0.532. The highest BCUT2D eigenvalue weighted by molar-refractivity contribution is 6.30. The number of likely N-dealkylation sites (tertiary alicyclic amines) is 1. The standard InChI is InChI=1S/C15H18ClNO4/c1-10(15(19)20)11-8-17(9-11)14(18)5-6-21-13-4-2-3-12(16)7-13/h2-4,7,10-11H,5-6,8-9H2,1H3,(H,19,20). The number of aliphatic carboxylic acids is 1. The number of carbonyl (C=O) groups is 2. The molecule has 0 aliphatic carbocycles. The Labute approximate surface area is 128 Å². The number of carboxylic acid groups (broad SMARTS) is 1. The summed E-state index contributed by atoms with van der Waals surface area (Å²) in [4.78, 5) is 24.4. The highest BCUT2D eigenvalue weighted by atomic mass is 35.5. The molecule has 0 aromatic heterocycles. The molecule has 1 aliphatic rings. The second-order valence-electron chi connectivity index (χ2n) is 5.24. The third kappa shape index (κ3) is 4.11. The van der Waals surface area contributed by atoms with E-state index in [1.54, 1.807) is 36.1 Å². The van der Waals surface area contributed by atoms with Crippen LogP contribution in [0.5, 0.6) is 5.75 Å². The maximum Gasteiger partial charge on any atom is 0.306 e. The van der Waals surface area contributed by atoms with Gasteiger partial charge in [0.2, 0.25) is 5.91 Å². The van der Waals surface area contributed by atoms with Crippen LogP contribution < -0.4 is 4.74 Å². The van der Waals surface area contributed by atoms with Gasteiger partial charge in [0.1, 0.15) is 5.75 Å². The number of hydrogen-bond acceptors (Lipinski definition) is 3. The van der Waals surface area contributed by atoms with Gasteiger partial charge in [-0.1, -0.05) is 24.6 Å². The normalized spacial score (nSPS) is 16.2. The summed E-state index contributed by atoms with van der Waals surface area (Å²) >= 11 is 5.84. The highest BCUT2D eigenvalue weighted by Crippen LogP contribution is 2.24. The summed E-state index contributed by atoms with van der Waals surface area (Å²) in [5.41, 5.74) is 0. The van der Waals surface area contributed by atoms with Crippen LogP contribution in [0.15, 0.2) is 24.3 Å². The Morgan fingerprint density at radius 3 is 2.81 bits per heavy atom. The van der Waals surface area contributed by atoms with Crippen molar-refractivity contribution in [2.75, 3.05) is 19.7 Å². The van der Waals surface area contributed by atoms with Gasteiger partial charge in [-0.2, -0.15) is 0 Å². The Bertz CT molecular complexity index is 528. The van der Waals surface area contributed by atoms with Gasteiger partial charge in [0.25, 0.3) is 0 Å². The smallest absolute Gasteiger partial charge is 0.306 e. The second-order valence-corrected chi connectivity index (χ2v) is 5.68. The molecule has 21 heavy (non-hydrogen) atoms. The molecule has 1 aliphatic heterocycles. The summed E-state index contributed by atoms with van der Waals surface area (Å²) in [6.45, 7) is 3.00. The lowest BCUT2D eigenvalue weighted by Crippen LogP contribution is -2.53. The SMILES string of the molecule is CC(C(=O)O)C1CN(C(=O)CCOc2cccc(Cl)c2)C1. The van der Waals surface area contributed by atoms with Gasteiger partial charge < -0.3 is 14.7 Å². The average molecular weight is 312 g/mol. The molecule has 1 heterocycles. The number of rotatable bonds is 6. The van der Waals surface area contributed by atoms with Crippen LogP contribution in [0.25, 0.3) is 0 Å². The van der Waals surface area contributed by atoms with Gasteiger partial charge in [-0.3, -0.25) is 9.59 Å². The molecule has 114 valence electrons. The topological polar surface area (TPSA) is 66.8 Å². The second kappa shape index (κ2) is 6.80. The molecular weight excluding hydrogens is 294 g/mol. The minimum Gasteiger partial charge on any atom is -0.493 e. The number of carboxylic acids is 1. The molecule has 2 rings (SSSR count). The van der Waals surface area contributed by atoms with Gasteiger partial charge in [0.15, 0.2) is 0 Å². The van der Waals surface area contributed by atoms with E-state index in [9.17, 15) is 9.59 Å². The molecule has 1 saturated heterocycles. The molecule has 1 amide bonds. The van der Waals surface area contributed by atoms with E-state index in [4.69, 9.17) is 21.4 Å². The number of hydrogen-bond donors (Lipinski definition) is 1. The highest BCUT2D eigenvalue weighted by Gasteiger charge is 2.36. The van der Waals surface area contributed by atoms with Crippen LogP contribution in [-0.2, 0) is 9.59 Å². The van der Waals surface area contributed by atoms with Crippen molar-refractivity contribution in [3.63, 3.8) is 0 Å². The van der Waals surface area contributed by atoms with E-state index < -0.39 is 11.9 Å². The van der Waals surface area contributed by atoms with Gasteiger partial charge in [0, 0.05) is 24.0 Å². The third-order valence-electron chi connectivity index (χ3n) is 3.74. The zero-order valence-electron chi connectivity index (χ0n) is 11.8. The van der Waals surface area contributed by atoms with E-state index >= 15 is 0 Å². The van der Waals surface area contributed by atoms with Crippen molar-refractivity contribution in [3.05, 3.63) is 29.3 Å². The van der Waals surface area contributed by atoms with Crippen LogP contribution >= 0.6 is 11.6 Å². The number of amides is 1. The number of ether oxygens (including phenoxy) is 1. The average Bonchev–Trinajstić information content (AvgIpc) is 2.36. The fraction of sp³-hybridized carbons (Fsp3) is 0.467. The molecule has 1 aromatic carbocycles. The predicted molar refractivity (Wildman–Crippen MR) is 78.4 cm³/mol. The van der Waals surface area contributed by atoms with Crippen LogP contribution in [0.2, 0.25) is 5.02 Å². The lowest BCUT2D eigenvalue weighted by atomic mass is 9.87. The van der Waals surface area contributed by atoms with Gasteiger partial charge in [-0.15, -0.1) is 0 Å². The van der Waals surface area contributed by atoms with Crippen molar-refractivity contribution in [3.8, 4) is 5.75 Å². The van der Waals surface area contributed by atoms with Crippen LogP contribution in [0.1, 0.15) is 13.3 Å². The lowest BCUT2D eigenvalue weighted by molar-refractivity contribution is -0.150. The Kier molecular flexibility index (Phi) is 5.07. The maximum atomic E-state index is 11.9. The minimum atomic E-state index is -0.809. The maximum absolute atomic E-state index is 11.9. The molecule has 0 radical (unpaired) electrons. The summed E-state index contributed by atoms with van der Waals surface area (Å²) in [5, 5.41) is 9.49. The van der Waals surface area contributed by atoms with Crippen LogP contribution in [0.3, 0.4) is 0 Å². The van der Waals surface area contributed by atoms with Crippen molar-refractivity contribution in [1.29, 1.82) is 0 Å². The van der Waals surface area contributed by atoms with Crippen molar-refractivity contribution in [2.24, 2.45) is 11.8 Å². The van der Waals surface area contributed by atoms with E-state index in [1.165, 1.54) is 0 Å². The molecule has 6 heteroatoms. The summed E-state index contributed by atoms with van der Waals surface area (Å²) in [6.07, 6.45) is 0.278. The monoisotopic (exact) mass is 311 g/mol. The van der Waals surface area contributed by atoms with Crippen molar-refractivity contribution in [1.82, 2.24) is 4.90 Å². The summed E-state index contributed by atoms with van der Waals surface area (Å²) in [7, 11) is 0. The molecule has 1 aromatic rings. The Hall–Kier alpha value is -1.75. The summed E-state index contributed by atoms with van der Waals surface area (Å²) < 4.78 is 5.46. The van der Waals surface area contributed by atoms with Gasteiger partial charge in [-0.25, -0.2) is 0 Å². The fourth-order valence-corrected chi connectivity index (χ4v) is 2.39.